The predicted molar refractivity (Wildman–Crippen MR) is 85.0 cm³/mol. The lowest BCUT2D eigenvalue weighted by atomic mass is 10.1. The topological polar surface area (TPSA) is 66.6 Å². The fraction of sp³-hybridized carbons (Fsp3) is 0.643. The molecule has 1 aromatic rings. The van der Waals surface area contributed by atoms with E-state index in [0.717, 1.165) is 40.6 Å². The molecule has 1 saturated heterocycles. The molecule has 4 nitrogen and oxygen atoms in total. The summed E-state index contributed by atoms with van der Waals surface area (Å²) < 4.78 is 0. The minimum absolute atomic E-state index is 0.195. The van der Waals surface area contributed by atoms with Crippen molar-refractivity contribution in [3.05, 3.63) is 4.88 Å². The smallest absolute Gasteiger partial charge is 0.178 e. The summed E-state index contributed by atoms with van der Waals surface area (Å²) >= 11 is 3.09. The highest BCUT2D eigenvalue weighted by Crippen LogP contribution is 2.48. The second-order valence-electron chi connectivity index (χ2n) is 5.99. The third-order valence-electron chi connectivity index (χ3n) is 4.00. The van der Waals surface area contributed by atoms with E-state index in [-0.39, 0.29) is 11.7 Å². The molecule has 6 heteroatoms. The van der Waals surface area contributed by atoms with E-state index in [1.54, 1.807) is 11.8 Å². The number of Topliss-reactive ketones (excluding diaryl/α,β-unsaturated/α-hetero) is 1. The normalized spacial score (nSPS) is 26.2. The first-order valence-electron chi connectivity index (χ1n) is 6.91. The molecular weight excluding hydrogens is 292 g/mol. The summed E-state index contributed by atoms with van der Waals surface area (Å²) in [4.78, 5) is 16.2. The Morgan fingerprint density at radius 3 is 2.75 bits per heavy atom. The lowest BCUT2D eigenvalue weighted by Gasteiger charge is -2.20. The fourth-order valence-electron chi connectivity index (χ4n) is 2.65. The van der Waals surface area contributed by atoms with Crippen LogP contribution in [0, 0.1) is 5.92 Å². The highest BCUT2D eigenvalue weighted by molar-refractivity contribution is 7.99. The van der Waals surface area contributed by atoms with Crippen LogP contribution in [0.15, 0.2) is 4.90 Å². The Morgan fingerprint density at radius 2 is 2.25 bits per heavy atom. The van der Waals surface area contributed by atoms with Crippen LogP contribution in [0.3, 0.4) is 0 Å². The van der Waals surface area contributed by atoms with Crippen molar-refractivity contribution in [3.63, 3.8) is 0 Å². The zero-order valence-corrected chi connectivity index (χ0v) is 13.4. The lowest BCUT2D eigenvalue weighted by molar-refractivity contribution is 0.0839. The van der Waals surface area contributed by atoms with Gasteiger partial charge in [0.25, 0.3) is 0 Å². The summed E-state index contributed by atoms with van der Waals surface area (Å²) in [5.74, 6) is 0.403. The number of carbonyl (C=O) groups is 1. The van der Waals surface area contributed by atoms with E-state index in [0.29, 0.717) is 12.2 Å². The summed E-state index contributed by atoms with van der Waals surface area (Å²) in [5, 5.41) is 11.2. The van der Waals surface area contributed by atoms with Crippen molar-refractivity contribution >= 4 is 39.6 Å². The van der Waals surface area contributed by atoms with Gasteiger partial charge in [-0.15, -0.1) is 23.1 Å². The maximum absolute atomic E-state index is 12.3. The summed E-state index contributed by atoms with van der Waals surface area (Å²) in [5.41, 5.74) is 6.19. The number of thiophene rings is 1. The quantitative estimate of drug-likeness (QED) is 0.661. The van der Waals surface area contributed by atoms with Gasteiger partial charge in [0, 0.05) is 19.0 Å². The van der Waals surface area contributed by atoms with Gasteiger partial charge in [0.2, 0.25) is 0 Å². The molecule has 2 heterocycles. The van der Waals surface area contributed by atoms with Gasteiger partial charge in [-0.05, 0) is 32.4 Å². The Balaban J connectivity index is 1.94. The number of hydrogen-bond acceptors (Lipinski definition) is 6. The van der Waals surface area contributed by atoms with Gasteiger partial charge in [0.15, 0.2) is 5.78 Å². The first-order valence-corrected chi connectivity index (χ1v) is 8.95. The molecular formula is C14H20N2O2S2. The molecule has 2 aliphatic rings. The van der Waals surface area contributed by atoms with Gasteiger partial charge in [0.1, 0.15) is 5.00 Å². The molecule has 0 spiro atoms. The van der Waals surface area contributed by atoms with Gasteiger partial charge in [-0.1, -0.05) is 0 Å². The van der Waals surface area contributed by atoms with Crippen molar-refractivity contribution < 1.29 is 9.90 Å². The van der Waals surface area contributed by atoms with Crippen LogP contribution in [-0.4, -0.2) is 35.8 Å². The van der Waals surface area contributed by atoms with Gasteiger partial charge in [-0.25, -0.2) is 0 Å². The van der Waals surface area contributed by atoms with Gasteiger partial charge in [-0.3, -0.25) is 4.79 Å². The van der Waals surface area contributed by atoms with E-state index in [4.69, 9.17) is 5.73 Å². The standard InChI is InChI=1S/C14H20N2O2S2/c1-14(18)5-6-16(7-14)13-12(19-2)9(15)11(20-13)10(17)8-3-4-8/h8,18H,3-7,15H2,1-2H3. The number of hydrogen-bond donors (Lipinski definition) is 2. The Labute approximate surface area is 127 Å². The van der Waals surface area contributed by atoms with E-state index < -0.39 is 5.60 Å². The number of nitrogen functional groups attached to an aromatic ring is 1. The number of nitrogens with two attached hydrogens (primary N) is 1. The molecule has 0 aromatic carbocycles. The van der Waals surface area contributed by atoms with Crippen LogP contribution < -0.4 is 10.6 Å². The Kier molecular flexibility index (Phi) is 3.51. The number of aliphatic hydroxyl groups is 1. The average molecular weight is 312 g/mol. The highest BCUT2D eigenvalue weighted by Gasteiger charge is 2.37. The van der Waals surface area contributed by atoms with Crippen molar-refractivity contribution in [2.24, 2.45) is 5.92 Å². The van der Waals surface area contributed by atoms with Crippen molar-refractivity contribution in [2.75, 3.05) is 30.0 Å². The monoisotopic (exact) mass is 312 g/mol. The van der Waals surface area contributed by atoms with Crippen molar-refractivity contribution in [1.29, 1.82) is 0 Å². The minimum Gasteiger partial charge on any atom is -0.396 e. The Bertz CT molecular complexity index is 550. The van der Waals surface area contributed by atoms with Crippen molar-refractivity contribution in [1.82, 2.24) is 0 Å². The molecule has 0 amide bonds. The van der Waals surface area contributed by atoms with Crippen LogP contribution in [0.4, 0.5) is 10.7 Å². The third-order valence-corrected chi connectivity index (χ3v) is 6.23. The second-order valence-corrected chi connectivity index (χ2v) is 7.81. The Hall–Kier alpha value is -0.720. The van der Waals surface area contributed by atoms with Gasteiger partial charge in [0.05, 0.1) is 21.1 Å². The van der Waals surface area contributed by atoms with Crippen LogP contribution in [0.25, 0.3) is 0 Å². The van der Waals surface area contributed by atoms with E-state index in [9.17, 15) is 9.90 Å². The van der Waals surface area contributed by atoms with Crippen molar-refractivity contribution in [3.8, 4) is 0 Å². The summed E-state index contributed by atoms with van der Waals surface area (Å²) in [6.07, 6.45) is 4.74. The third kappa shape index (κ3) is 2.44. The minimum atomic E-state index is -0.644. The summed E-state index contributed by atoms with van der Waals surface area (Å²) in [6.45, 7) is 3.29. The number of anilines is 2. The van der Waals surface area contributed by atoms with Gasteiger partial charge >= 0.3 is 0 Å². The Morgan fingerprint density at radius 1 is 1.55 bits per heavy atom. The van der Waals surface area contributed by atoms with E-state index in [2.05, 4.69) is 4.90 Å². The molecule has 3 rings (SSSR count). The lowest BCUT2D eigenvalue weighted by Crippen LogP contribution is -2.29. The molecule has 1 saturated carbocycles. The molecule has 1 unspecified atom stereocenters. The predicted octanol–water partition coefficient (Wildman–Crippen LogP) is 2.61. The zero-order chi connectivity index (χ0) is 14.5. The molecule has 1 atom stereocenters. The van der Waals surface area contributed by atoms with E-state index >= 15 is 0 Å². The molecule has 3 N–H and O–H groups in total. The average Bonchev–Trinajstić information content (AvgIpc) is 3.10. The zero-order valence-electron chi connectivity index (χ0n) is 11.8. The van der Waals surface area contributed by atoms with E-state index in [1.807, 2.05) is 13.2 Å². The first kappa shape index (κ1) is 14.2. The largest absolute Gasteiger partial charge is 0.396 e. The van der Waals surface area contributed by atoms with Gasteiger partial charge in [-0.2, -0.15) is 0 Å². The van der Waals surface area contributed by atoms with Crippen molar-refractivity contribution in [2.45, 2.75) is 36.7 Å². The highest BCUT2D eigenvalue weighted by atomic mass is 32.2. The maximum atomic E-state index is 12.3. The number of carbonyl (C=O) groups excluding carboxylic acids is 1. The first-order chi connectivity index (χ1) is 9.43. The van der Waals surface area contributed by atoms with Crippen LogP contribution >= 0.6 is 23.1 Å². The number of β-amino-alcohol motifs (C(OH)–C–C–N with tert-alkyl or cyclic N) is 1. The number of rotatable bonds is 4. The molecule has 2 fully saturated rings. The molecule has 0 radical (unpaired) electrons. The van der Waals surface area contributed by atoms with Crippen LogP contribution in [0.1, 0.15) is 35.9 Å². The fourth-order valence-corrected chi connectivity index (χ4v) is 4.88. The maximum Gasteiger partial charge on any atom is 0.178 e. The molecule has 1 aliphatic heterocycles. The molecule has 110 valence electrons. The SMILES string of the molecule is CSc1c(N2CCC(C)(O)C2)sc(C(=O)C2CC2)c1N. The summed E-state index contributed by atoms with van der Waals surface area (Å²) in [7, 11) is 0. The number of nitrogens with zero attached hydrogens (tertiary/aromatic N) is 1. The molecule has 1 aliphatic carbocycles. The van der Waals surface area contributed by atoms with Crippen LogP contribution in [-0.2, 0) is 0 Å². The molecule has 0 bridgehead atoms. The summed E-state index contributed by atoms with van der Waals surface area (Å²) in [6, 6.07) is 0. The number of ketones is 1. The van der Waals surface area contributed by atoms with Crippen LogP contribution in [0.5, 0.6) is 0 Å². The van der Waals surface area contributed by atoms with Gasteiger partial charge < -0.3 is 15.7 Å². The van der Waals surface area contributed by atoms with Crippen LogP contribution in [0.2, 0.25) is 0 Å². The second kappa shape index (κ2) is 4.93. The molecule has 1 aromatic heterocycles. The molecule has 20 heavy (non-hydrogen) atoms. The number of thioether (sulfide) groups is 1. The van der Waals surface area contributed by atoms with E-state index in [1.165, 1.54) is 11.3 Å².